The quantitative estimate of drug-likeness (QED) is 0.919. The summed E-state index contributed by atoms with van der Waals surface area (Å²) in [6, 6.07) is 8.63. The van der Waals surface area contributed by atoms with Crippen LogP contribution < -0.4 is 0 Å². The van der Waals surface area contributed by atoms with E-state index < -0.39 is 5.60 Å². The Kier molecular flexibility index (Phi) is 5.07. The van der Waals surface area contributed by atoms with Gasteiger partial charge in [0.25, 0.3) is 0 Å². The Morgan fingerprint density at radius 3 is 2.38 bits per heavy atom. The minimum atomic E-state index is -0.811. The van der Waals surface area contributed by atoms with Crippen molar-refractivity contribution in [3.63, 3.8) is 0 Å². The second kappa shape index (κ2) is 7.08. The third kappa shape index (κ3) is 3.87. The number of ether oxygens (including phenoxy) is 1. The predicted octanol–water partition coefficient (Wildman–Crippen LogP) is 3.56. The van der Waals surface area contributed by atoms with Crippen molar-refractivity contribution in [1.82, 2.24) is 4.90 Å². The first-order valence-electron chi connectivity index (χ1n) is 8.83. The average Bonchev–Trinajstić information content (AvgIpc) is 2.61. The smallest absolute Gasteiger partial charge is 0.0857 e. The Balaban J connectivity index is 1.71. The lowest BCUT2D eigenvalue weighted by atomic mass is 9.91. The molecule has 0 saturated heterocycles. The summed E-state index contributed by atoms with van der Waals surface area (Å²) < 4.78 is 5.48. The molecule has 1 aliphatic carbocycles. The molecule has 24 heavy (non-hydrogen) atoms. The molecule has 0 aromatic heterocycles. The number of aliphatic hydroxyl groups is 1. The summed E-state index contributed by atoms with van der Waals surface area (Å²) in [6.07, 6.45) is 9.24. The van der Waals surface area contributed by atoms with E-state index in [4.69, 9.17) is 4.74 Å². The van der Waals surface area contributed by atoms with Gasteiger partial charge in [-0.25, -0.2) is 0 Å². The lowest BCUT2D eigenvalue weighted by molar-refractivity contribution is 0.0501. The minimum absolute atomic E-state index is 0.428. The maximum Gasteiger partial charge on any atom is 0.0857 e. The van der Waals surface area contributed by atoms with Crippen molar-refractivity contribution in [2.24, 2.45) is 4.99 Å². The first-order chi connectivity index (χ1) is 11.5. The number of rotatable bonds is 4. The zero-order chi connectivity index (χ0) is 17.2. The van der Waals surface area contributed by atoms with Crippen LogP contribution in [-0.4, -0.2) is 42.0 Å². The standard InChI is InChI=1S/C20H28N2O2/c1-20(2,23)16-6-4-15(5-7-16)19-14-22(13-12-21-19)17-8-10-18(24-3)11-9-17/h4-7,12,14,17-18,23H,8-11,13H2,1-3H3. The monoisotopic (exact) mass is 328 g/mol. The van der Waals surface area contributed by atoms with Crippen molar-refractivity contribution in [3.05, 3.63) is 41.6 Å². The number of aliphatic imine (C=N–C) groups is 1. The van der Waals surface area contributed by atoms with Gasteiger partial charge in [-0.05, 0) is 45.1 Å². The summed E-state index contributed by atoms with van der Waals surface area (Å²) >= 11 is 0. The molecule has 1 aromatic carbocycles. The fourth-order valence-electron chi connectivity index (χ4n) is 3.54. The van der Waals surface area contributed by atoms with Crippen molar-refractivity contribution in [2.75, 3.05) is 13.7 Å². The van der Waals surface area contributed by atoms with Gasteiger partial charge in [-0.3, -0.25) is 4.99 Å². The van der Waals surface area contributed by atoms with E-state index in [1.54, 1.807) is 13.8 Å². The summed E-state index contributed by atoms with van der Waals surface area (Å²) in [4.78, 5) is 6.99. The molecule has 1 N–H and O–H groups in total. The fraction of sp³-hybridized carbons (Fsp3) is 0.550. The molecule has 1 aliphatic heterocycles. The van der Waals surface area contributed by atoms with Crippen LogP contribution in [0.3, 0.4) is 0 Å². The van der Waals surface area contributed by atoms with E-state index in [-0.39, 0.29) is 0 Å². The molecule has 0 amide bonds. The third-order valence-corrected chi connectivity index (χ3v) is 5.14. The van der Waals surface area contributed by atoms with Gasteiger partial charge >= 0.3 is 0 Å². The maximum absolute atomic E-state index is 10.1. The van der Waals surface area contributed by atoms with Crippen LogP contribution >= 0.6 is 0 Å². The van der Waals surface area contributed by atoms with Crippen molar-refractivity contribution in [3.8, 4) is 0 Å². The molecule has 1 saturated carbocycles. The first kappa shape index (κ1) is 17.2. The summed E-state index contributed by atoms with van der Waals surface area (Å²) in [5.74, 6) is 0. The van der Waals surface area contributed by atoms with Gasteiger partial charge in [-0.1, -0.05) is 24.3 Å². The summed E-state index contributed by atoms with van der Waals surface area (Å²) in [7, 11) is 1.81. The normalized spacial score (nSPS) is 24.8. The second-order valence-corrected chi connectivity index (χ2v) is 7.33. The molecule has 0 radical (unpaired) electrons. The van der Waals surface area contributed by atoms with Crippen molar-refractivity contribution >= 4 is 11.9 Å². The van der Waals surface area contributed by atoms with E-state index in [1.807, 2.05) is 37.6 Å². The highest BCUT2D eigenvalue weighted by Gasteiger charge is 2.25. The van der Waals surface area contributed by atoms with Crippen molar-refractivity contribution in [2.45, 2.75) is 57.3 Å². The average molecular weight is 328 g/mol. The Morgan fingerprint density at radius 1 is 1.12 bits per heavy atom. The molecule has 0 unspecified atom stereocenters. The molecule has 1 fully saturated rings. The minimum Gasteiger partial charge on any atom is -0.386 e. The molecular formula is C20H28N2O2. The van der Waals surface area contributed by atoms with E-state index >= 15 is 0 Å². The number of hydrogen-bond acceptors (Lipinski definition) is 4. The van der Waals surface area contributed by atoms with E-state index in [0.717, 1.165) is 36.2 Å². The number of methoxy groups -OCH3 is 1. The molecule has 0 atom stereocenters. The molecule has 4 nitrogen and oxygen atoms in total. The first-order valence-corrected chi connectivity index (χ1v) is 8.83. The Labute approximate surface area is 144 Å². The summed E-state index contributed by atoms with van der Waals surface area (Å²) in [5.41, 5.74) is 2.20. The Bertz CT molecular complexity index is 606. The van der Waals surface area contributed by atoms with Gasteiger partial charge in [0, 0.05) is 31.1 Å². The molecule has 1 aromatic rings. The Morgan fingerprint density at radius 2 is 1.79 bits per heavy atom. The maximum atomic E-state index is 10.1. The molecular weight excluding hydrogens is 300 g/mol. The molecule has 4 heteroatoms. The lowest BCUT2D eigenvalue weighted by Gasteiger charge is -2.36. The molecule has 0 spiro atoms. The van der Waals surface area contributed by atoms with Crippen molar-refractivity contribution in [1.29, 1.82) is 0 Å². The van der Waals surface area contributed by atoms with Crippen molar-refractivity contribution < 1.29 is 9.84 Å². The van der Waals surface area contributed by atoms with Gasteiger partial charge in [0.15, 0.2) is 0 Å². The third-order valence-electron chi connectivity index (χ3n) is 5.14. The van der Waals surface area contributed by atoms with Crippen LogP contribution in [-0.2, 0) is 10.3 Å². The van der Waals surface area contributed by atoms with E-state index in [9.17, 15) is 5.11 Å². The highest BCUT2D eigenvalue weighted by Crippen LogP contribution is 2.29. The molecule has 3 rings (SSSR count). The van der Waals surface area contributed by atoms with E-state index in [0.29, 0.717) is 12.1 Å². The van der Waals surface area contributed by atoms with E-state index in [2.05, 4.69) is 16.1 Å². The highest BCUT2D eigenvalue weighted by atomic mass is 16.5. The number of hydrogen-bond donors (Lipinski definition) is 1. The predicted molar refractivity (Wildman–Crippen MR) is 97.9 cm³/mol. The molecule has 2 aliphatic rings. The number of benzene rings is 1. The summed E-state index contributed by atoms with van der Waals surface area (Å²) in [5, 5.41) is 10.1. The van der Waals surface area contributed by atoms with Crippen LogP contribution in [0.1, 0.15) is 50.7 Å². The van der Waals surface area contributed by atoms with Gasteiger partial charge in [-0.15, -0.1) is 0 Å². The van der Waals surface area contributed by atoms with Crippen LogP contribution in [0.5, 0.6) is 0 Å². The topological polar surface area (TPSA) is 45.1 Å². The fourth-order valence-corrected chi connectivity index (χ4v) is 3.54. The van der Waals surface area contributed by atoms with Crippen LogP contribution in [0.4, 0.5) is 0 Å². The zero-order valence-corrected chi connectivity index (χ0v) is 14.9. The second-order valence-electron chi connectivity index (χ2n) is 7.33. The van der Waals surface area contributed by atoms with Gasteiger partial charge in [-0.2, -0.15) is 0 Å². The lowest BCUT2D eigenvalue weighted by Crippen LogP contribution is -2.38. The van der Waals surface area contributed by atoms with E-state index in [1.165, 1.54) is 12.8 Å². The SMILES string of the molecule is COC1CCC(N2C=C(c3ccc(C(C)(C)O)cc3)N=CC2)CC1. The largest absolute Gasteiger partial charge is 0.386 e. The number of nitrogens with zero attached hydrogens (tertiary/aromatic N) is 2. The zero-order valence-electron chi connectivity index (χ0n) is 14.9. The van der Waals surface area contributed by atoms with Crippen LogP contribution in [0.25, 0.3) is 5.70 Å². The molecule has 1 heterocycles. The molecule has 130 valence electrons. The van der Waals surface area contributed by atoms with Gasteiger partial charge in [0.2, 0.25) is 0 Å². The van der Waals surface area contributed by atoms with Crippen LogP contribution in [0.2, 0.25) is 0 Å². The summed E-state index contributed by atoms with van der Waals surface area (Å²) in [6.45, 7) is 4.49. The van der Waals surface area contributed by atoms with Crippen LogP contribution in [0, 0.1) is 0 Å². The van der Waals surface area contributed by atoms with Crippen LogP contribution in [0.15, 0.2) is 35.5 Å². The Hall–Kier alpha value is -1.65. The highest BCUT2D eigenvalue weighted by molar-refractivity contribution is 5.77. The van der Waals surface area contributed by atoms with Gasteiger partial charge in [0.1, 0.15) is 0 Å². The molecule has 0 bridgehead atoms. The van der Waals surface area contributed by atoms with Gasteiger partial charge < -0.3 is 14.7 Å². The van der Waals surface area contributed by atoms with Gasteiger partial charge in [0.05, 0.1) is 23.9 Å².